The van der Waals surface area contributed by atoms with Crippen molar-refractivity contribution in [1.82, 2.24) is 14.7 Å². The van der Waals surface area contributed by atoms with E-state index in [-0.39, 0.29) is 17.7 Å². The number of nitrogens with zero attached hydrogens (tertiary/aromatic N) is 3. The molecule has 124 valence electrons. The Balaban J connectivity index is 1.58. The minimum Gasteiger partial charge on any atom is -0.334 e. The van der Waals surface area contributed by atoms with E-state index in [1.165, 1.54) is 5.56 Å². The van der Waals surface area contributed by atoms with Gasteiger partial charge in [0.2, 0.25) is 0 Å². The first kappa shape index (κ1) is 16.3. The van der Waals surface area contributed by atoms with Gasteiger partial charge < -0.3 is 14.7 Å². The normalized spacial score (nSPS) is 22.4. The molecule has 1 atom stereocenters. The van der Waals surface area contributed by atoms with Gasteiger partial charge in [0.25, 0.3) is 0 Å². The zero-order valence-electron chi connectivity index (χ0n) is 13.4. The van der Waals surface area contributed by atoms with Crippen molar-refractivity contribution in [3.8, 4) is 0 Å². The number of benzene rings is 1. The zero-order valence-corrected chi connectivity index (χ0v) is 14.1. The molecular weight excluding hydrogens is 314 g/mol. The van der Waals surface area contributed by atoms with E-state index < -0.39 is 0 Å². The van der Waals surface area contributed by atoms with Crippen LogP contribution in [0.1, 0.15) is 17.9 Å². The van der Waals surface area contributed by atoms with Crippen LogP contribution < -0.4 is 0 Å². The van der Waals surface area contributed by atoms with E-state index in [0.717, 1.165) is 19.5 Å². The minimum atomic E-state index is -0.356. The highest BCUT2D eigenvalue weighted by Crippen LogP contribution is 2.28. The van der Waals surface area contributed by atoms with Gasteiger partial charge in [-0.05, 0) is 31.2 Å². The molecule has 5 nitrogen and oxygen atoms in total. The van der Waals surface area contributed by atoms with Crippen LogP contribution in [0.4, 0.5) is 0 Å². The first-order valence-electron chi connectivity index (χ1n) is 8.07. The highest BCUT2D eigenvalue weighted by atomic mass is 35.5. The van der Waals surface area contributed by atoms with Gasteiger partial charge in [-0.25, -0.2) is 0 Å². The fourth-order valence-corrected chi connectivity index (χ4v) is 3.36. The van der Waals surface area contributed by atoms with Crippen molar-refractivity contribution in [2.75, 3.05) is 46.3 Å². The van der Waals surface area contributed by atoms with Crippen molar-refractivity contribution < 1.29 is 9.59 Å². The molecule has 0 N–H and O–H groups in total. The second kappa shape index (κ2) is 6.89. The average molecular weight is 336 g/mol. The fourth-order valence-electron chi connectivity index (χ4n) is 3.23. The lowest BCUT2D eigenvalue weighted by Crippen LogP contribution is -2.52. The Bertz CT molecular complexity index is 582. The van der Waals surface area contributed by atoms with E-state index >= 15 is 0 Å². The van der Waals surface area contributed by atoms with E-state index in [1.807, 2.05) is 31.3 Å². The second-order valence-corrected chi connectivity index (χ2v) is 6.82. The van der Waals surface area contributed by atoms with Crippen LogP contribution in [0.3, 0.4) is 0 Å². The molecule has 23 heavy (non-hydrogen) atoms. The lowest BCUT2D eigenvalue weighted by molar-refractivity contribution is -0.152. The van der Waals surface area contributed by atoms with Crippen LogP contribution in [0.25, 0.3) is 0 Å². The van der Waals surface area contributed by atoms with Crippen LogP contribution in [-0.4, -0.2) is 72.8 Å². The molecule has 1 unspecified atom stereocenters. The van der Waals surface area contributed by atoms with E-state index in [0.29, 0.717) is 31.2 Å². The average Bonchev–Trinajstić information content (AvgIpc) is 3.05. The Morgan fingerprint density at radius 1 is 0.957 bits per heavy atom. The Kier molecular flexibility index (Phi) is 4.87. The van der Waals surface area contributed by atoms with Crippen LogP contribution in [0.15, 0.2) is 24.3 Å². The minimum absolute atomic E-state index is 0.288. The molecule has 3 rings (SSSR count). The monoisotopic (exact) mass is 335 g/mol. The quantitative estimate of drug-likeness (QED) is 0.729. The van der Waals surface area contributed by atoms with Gasteiger partial charge in [-0.15, -0.1) is 0 Å². The first-order valence-corrected chi connectivity index (χ1v) is 8.44. The number of carbonyl (C=O) groups excluding carboxylic acids is 2. The summed E-state index contributed by atoms with van der Waals surface area (Å²) in [5.74, 6) is -0.419. The first-order chi connectivity index (χ1) is 11.0. The van der Waals surface area contributed by atoms with Crippen molar-refractivity contribution in [2.45, 2.75) is 12.3 Å². The number of piperazine rings is 1. The Morgan fingerprint density at radius 3 is 2.22 bits per heavy atom. The molecule has 2 fully saturated rings. The van der Waals surface area contributed by atoms with Crippen LogP contribution in [0.5, 0.6) is 0 Å². The summed E-state index contributed by atoms with van der Waals surface area (Å²) in [6, 6.07) is 7.75. The predicted molar refractivity (Wildman–Crippen MR) is 89.5 cm³/mol. The van der Waals surface area contributed by atoms with Gasteiger partial charge in [-0.3, -0.25) is 9.59 Å². The number of carbonyl (C=O) groups is 2. The molecule has 0 spiro atoms. The standard InChI is InChI=1S/C17H22ClN3O2/c1-19-8-10-20(11-9-19)16(22)17(23)21-7-6-14(12-21)13-2-4-15(18)5-3-13/h2-5,14H,6-12H2,1H3. The Hall–Kier alpha value is -1.59. The van der Waals surface area contributed by atoms with Crippen molar-refractivity contribution >= 4 is 23.4 Å². The van der Waals surface area contributed by atoms with Crippen molar-refractivity contribution in [1.29, 1.82) is 0 Å². The zero-order chi connectivity index (χ0) is 16.4. The number of hydrogen-bond donors (Lipinski definition) is 0. The Morgan fingerprint density at radius 2 is 1.57 bits per heavy atom. The third-order valence-corrected chi connectivity index (χ3v) is 5.04. The van der Waals surface area contributed by atoms with Crippen LogP contribution in [0.2, 0.25) is 5.02 Å². The SMILES string of the molecule is CN1CCN(C(=O)C(=O)N2CCC(c3ccc(Cl)cc3)C2)CC1. The Labute approximate surface area is 141 Å². The fraction of sp³-hybridized carbons (Fsp3) is 0.529. The summed E-state index contributed by atoms with van der Waals surface area (Å²) in [6.07, 6.45) is 0.892. The number of likely N-dealkylation sites (N-methyl/N-ethyl adjacent to an activating group) is 1. The van der Waals surface area contributed by atoms with Crippen molar-refractivity contribution in [3.05, 3.63) is 34.9 Å². The summed E-state index contributed by atoms with van der Waals surface area (Å²) >= 11 is 5.92. The van der Waals surface area contributed by atoms with Gasteiger partial charge >= 0.3 is 11.8 Å². The van der Waals surface area contributed by atoms with Crippen LogP contribution in [-0.2, 0) is 9.59 Å². The van der Waals surface area contributed by atoms with Crippen LogP contribution >= 0.6 is 11.6 Å². The summed E-state index contributed by atoms with van der Waals surface area (Å²) in [5.41, 5.74) is 1.18. The smallest absolute Gasteiger partial charge is 0.312 e. The van der Waals surface area contributed by atoms with Crippen molar-refractivity contribution in [3.63, 3.8) is 0 Å². The molecular formula is C17H22ClN3O2. The molecule has 0 bridgehead atoms. The van der Waals surface area contributed by atoms with Gasteiger partial charge in [0.05, 0.1) is 0 Å². The summed E-state index contributed by atoms with van der Waals surface area (Å²) in [6.45, 7) is 4.18. The molecule has 1 aromatic rings. The third kappa shape index (κ3) is 3.67. The highest BCUT2D eigenvalue weighted by molar-refractivity contribution is 6.35. The largest absolute Gasteiger partial charge is 0.334 e. The molecule has 2 heterocycles. The number of hydrogen-bond acceptors (Lipinski definition) is 3. The number of amides is 2. The molecule has 2 amide bonds. The van der Waals surface area contributed by atoms with Gasteiger partial charge in [-0.1, -0.05) is 23.7 Å². The number of rotatable bonds is 1. The van der Waals surface area contributed by atoms with Gasteiger partial charge in [0.1, 0.15) is 0 Å². The van der Waals surface area contributed by atoms with Gasteiger partial charge in [0, 0.05) is 50.2 Å². The van der Waals surface area contributed by atoms with Crippen molar-refractivity contribution in [2.24, 2.45) is 0 Å². The molecule has 0 aromatic heterocycles. The summed E-state index contributed by atoms with van der Waals surface area (Å²) in [7, 11) is 2.03. The molecule has 0 aliphatic carbocycles. The van der Waals surface area contributed by atoms with E-state index in [4.69, 9.17) is 11.6 Å². The second-order valence-electron chi connectivity index (χ2n) is 6.38. The molecule has 2 aliphatic heterocycles. The summed E-state index contributed by atoms with van der Waals surface area (Å²) < 4.78 is 0. The molecule has 0 saturated carbocycles. The summed E-state index contributed by atoms with van der Waals surface area (Å²) in [5, 5.41) is 0.713. The number of likely N-dealkylation sites (tertiary alicyclic amines) is 1. The topological polar surface area (TPSA) is 43.9 Å². The molecule has 0 radical (unpaired) electrons. The maximum atomic E-state index is 12.5. The van der Waals surface area contributed by atoms with Crippen LogP contribution in [0, 0.1) is 0 Å². The van der Waals surface area contributed by atoms with Gasteiger partial charge in [-0.2, -0.15) is 0 Å². The maximum absolute atomic E-state index is 12.5. The molecule has 1 aromatic carbocycles. The number of halogens is 1. The van der Waals surface area contributed by atoms with E-state index in [9.17, 15) is 9.59 Å². The molecule has 6 heteroatoms. The van der Waals surface area contributed by atoms with E-state index in [1.54, 1.807) is 9.80 Å². The lowest BCUT2D eigenvalue weighted by atomic mass is 9.99. The van der Waals surface area contributed by atoms with E-state index in [2.05, 4.69) is 4.90 Å². The van der Waals surface area contributed by atoms with Gasteiger partial charge in [0.15, 0.2) is 0 Å². The predicted octanol–water partition coefficient (Wildman–Crippen LogP) is 1.43. The molecule has 2 aliphatic rings. The summed E-state index contributed by atoms with van der Waals surface area (Å²) in [4.78, 5) is 30.4. The third-order valence-electron chi connectivity index (χ3n) is 4.79. The molecule has 2 saturated heterocycles. The lowest BCUT2D eigenvalue weighted by Gasteiger charge is -2.32. The maximum Gasteiger partial charge on any atom is 0.312 e. The highest BCUT2D eigenvalue weighted by Gasteiger charge is 2.33.